The Labute approximate surface area is 187 Å². The van der Waals surface area contributed by atoms with E-state index in [0.29, 0.717) is 12.4 Å². The number of fused-ring (bicyclic) bond motifs is 1. The number of ether oxygens (including phenoxy) is 1. The number of rotatable bonds is 5. The summed E-state index contributed by atoms with van der Waals surface area (Å²) in [5, 5.41) is 0. The SMILES string of the molecule is COc1cccc(-c2ccc(CN3CCc4nc(C5=NCCCC5)[nH]c(=O)c4C3)cn2)c1. The smallest absolute Gasteiger partial charge is 0.255 e. The Morgan fingerprint density at radius 1 is 1.16 bits per heavy atom. The average molecular weight is 430 g/mol. The zero-order valence-electron chi connectivity index (χ0n) is 18.3. The van der Waals surface area contributed by atoms with Crippen molar-refractivity contribution >= 4 is 5.71 Å². The van der Waals surface area contributed by atoms with Crippen LogP contribution >= 0.6 is 0 Å². The highest BCUT2D eigenvalue weighted by molar-refractivity contribution is 5.97. The van der Waals surface area contributed by atoms with Crippen LogP contribution in [0.2, 0.25) is 0 Å². The van der Waals surface area contributed by atoms with Gasteiger partial charge >= 0.3 is 0 Å². The second kappa shape index (κ2) is 9.04. The predicted octanol–water partition coefficient (Wildman–Crippen LogP) is 3.37. The van der Waals surface area contributed by atoms with E-state index in [4.69, 9.17) is 9.72 Å². The summed E-state index contributed by atoms with van der Waals surface area (Å²) in [6, 6.07) is 12.0. The van der Waals surface area contributed by atoms with Crippen LogP contribution in [0.25, 0.3) is 11.3 Å². The van der Waals surface area contributed by atoms with Crippen LogP contribution in [0.4, 0.5) is 0 Å². The number of hydrogen-bond donors (Lipinski definition) is 1. The molecule has 2 aromatic heterocycles. The third-order valence-corrected chi connectivity index (χ3v) is 6.14. The largest absolute Gasteiger partial charge is 0.497 e. The number of hydrogen-bond acceptors (Lipinski definition) is 6. The minimum absolute atomic E-state index is 0.0329. The Morgan fingerprint density at radius 3 is 2.88 bits per heavy atom. The van der Waals surface area contributed by atoms with Gasteiger partial charge in [0.1, 0.15) is 5.75 Å². The van der Waals surface area contributed by atoms with Gasteiger partial charge in [0.2, 0.25) is 0 Å². The second-order valence-corrected chi connectivity index (χ2v) is 8.37. The van der Waals surface area contributed by atoms with E-state index in [2.05, 4.69) is 25.9 Å². The summed E-state index contributed by atoms with van der Waals surface area (Å²) in [6.45, 7) is 3.04. The summed E-state index contributed by atoms with van der Waals surface area (Å²) < 4.78 is 5.31. The first-order chi connectivity index (χ1) is 15.7. The molecule has 0 atom stereocenters. The maximum Gasteiger partial charge on any atom is 0.255 e. The van der Waals surface area contributed by atoms with Crippen molar-refractivity contribution in [3.8, 4) is 17.0 Å². The van der Waals surface area contributed by atoms with E-state index in [0.717, 1.165) is 84.9 Å². The fraction of sp³-hybridized carbons (Fsp3) is 0.360. The fourth-order valence-electron chi connectivity index (χ4n) is 4.37. The number of aromatic nitrogens is 3. The van der Waals surface area contributed by atoms with Crippen LogP contribution in [-0.2, 0) is 19.5 Å². The van der Waals surface area contributed by atoms with E-state index >= 15 is 0 Å². The molecule has 0 radical (unpaired) electrons. The molecule has 0 unspecified atom stereocenters. The monoisotopic (exact) mass is 429 g/mol. The number of H-pyrrole nitrogens is 1. The van der Waals surface area contributed by atoms with Crippen molar-refractivity contribution in [1.82, 2.24) is 19.9 Å². The van der Waals surface area contributed by atoms with Gasteiger partial charge in [0.15, 0.2) is 5.82 Å². The van der Waals surface area contributed by atoms with E-state index in [1.165, 1.54) is 0 Å². The average Bonchev–Trinajstić information content (AvgIpc) is 2.85. The van der Waals surface area contributed by atoms with E-state index in [1.807, 2.05) is 36.5 Å². The molecule has 2 aliphatic rings. The number of methoxy groups -OCH3 is 1. The molecule has 0 bridgehead atoms. The molecule has 0 aliphatic carbocycles. The highest BCUT2D eigenvalue weighted by Crippen LogP contribution is 2.23. The lowest BCUT2D eigenvalue weighted by Gasteiger charge is -2.27. The predicted molar refractivity (Wildman–Crippen MR) is 124 cm³/mol. The normalized spacial score (nSPS) is 16.3. The van der Waals surface area contributed by atoms with Gasteiger partial charge in [-0.25, -0.2) is 4.98 Å². The van der Waals surface area contributed by atoms with Crippen molar-refractivity contribution in [3.63, 3.8) is 0 Å². The van der Waals surface area contributed by atoms with Crippen molar-refractivity contribution in [2.24, 2.45) is 4.99 Å². The van der Waals surface area contributed by atoms with Crippen molar-refractivity contribution < 1.29 is 4.74 Å². The maximum absolute atomic E-state index is 12.8. The summed E-state index contributed by atoms with van der Waals surface area (Å²) in [6.07, 6.45) is 5.81. The van der Waals surface area contributed by atoms with Crippen LogP contribution in [0.1, 0.15) is 41.9 Å². The number of nitrogens with one attached hydrogen (secondary N) is 1. The Kier molecular flexibility index (Phi) is 5.81. The van der Waals surface area contributed by atoms with Crippen molar-refractivity contribution in [2.45, 2.75) is 38.8 Å². The summed E-state index contributed by atoms with van der Waals surface area (Å²) in [5.41, 5.74) is 5.67. The van der Waals surface area contributed by atoms with Gasteiger partial charge in [-0.05, 0) is 43.0 Å². The van der Waals surface area contributed by atoms with Gasteiger partial charge < -0.3 is 9.72 Å². The van der Waals surface area contributed by atoms with E-state index in [-0.39, 0.29) is 5.56 Å². The number of aromatic amines is 1. The highest BCUT2D eigenvalue weighted by atomic mass is 16.5. The van der Waals surface area contributed by atoms with E-state index in [9.17, 15) is 4.79 Å². The minimum atomic E-state index is -0.0329. The number of aliphatic imine (C=N–C) groups is 1. The molecule has 0 saturated heterocycles. The van der Waals surface area contributed by atoms with Crippen LogP contribution in [0.15, 0.2) is 52.4 Å². The summed E-state index contributed by atoms with van der Waals surface area (Å²) in [7, 11) is 1.66. The Hall–Kier alpha value is -3.32. The zero-order chi connectivity index (χ0) is 21.9. The lowest BCUT2D eigenvalue weighted by atomic mass is 10.0. The molecule has 0 spiro atoms. The molecular formula is C25H27N5O2. The first kappa shape index (κ1) is 20.6. The van der Waals surface area contributed by atoms with Gasteiger partial charge in [-0.15, -0.1) is 0 Å². The molecule has 164 valence electrons. The van der Waals surface area contributed by atoms with Crippen LogP contribution < -0.4 is 10.3 Å². The highest BCUT2D eigenvalue weighted by Gasteiger charge is 2.22. The molecule has 7 heteroatoms. The number of pyridine rings is 1. The van der Waals surface area contributed by atoms with E-state index < -0.39 is 0 Å². The van der Waals surface area contributed by atoms with Gasteiger partial charge in [-0.2, -0.15) is 0 Å². The van der Waals surface area contributed by atoms with Crippen LogP contribution in [0, 0.1) is 0 Å². The summed E-state index contributed by atoms with van der Waals surface area (Å²) >= 11 is 0. The molecule has 4 heterocycles. The molecule has 0 amide bonds. The molecule has 5 rings (SSSR count). The van der Waals surface area contributed by atoms with Crippen molar-refractivity contribution in [3.05, 3.63) is 75.6 Å². The molecule has 3 aromatic rings. The number of benzene rings is 1. The zero-order valence-corrected chi connectivity index (χ0v) is 18.3. The quantitative estimate of drug-likeness (QED) is 0.672. The lowest BCUT2D eigenvalue weighted by Crippen LogP contribution is -2.36. The van der Waals surface area contributed by atoms with Crippen LogP contribution in [0.3, 0.4) is 0 Å². The molecule has 1 N–H and O–H groups in total. The van der Waals surface area contributed by atoms with Crippen LogP contribution in [-0.4, -0.2) is 45.8 Å². The van der Waals surface area contributed by atoms with Crippen molar-refractivity contribution in [1.29, 1.82) is 0 Å². The fourth-order valence-corrected chi connectivity index (χ4v) is 4.37. The van der Waals surface area contributed by atoms with Gasteiger partial charge in [0, 0.05) is 44.4 Å². The molecule has 0 fully saturated rings. The Morgan fingerprint density at radius 2 is 2.09 bits per heavy atom. The van der Waals surface area contributed by atoms with Crippen molar-refractivity contribution in [2.75, 3.05) is 20.2 Å². The Balaban J connectivity index is 1.29. The van der Waals surface area contributed by atoms with Crippen LogP contribution in [0.5, 0.6) is 5.75 Å². The van der Waals surface area contributed by atoms with Gasteiger partial charge in [-0.3, -0.25) is 19.7 Å². The summed E-state index contributed by atoms with van der Waals surface area (Å²) in [5.74, 6) is 1.48. The van der Waals surface area contributed by atoms with E-state index in [1.54, 1.807) is 7.11 Å². The molecule has 7 nitrogen and oxygen atoms in total. The topological polar surface area (TPSA) is 83.5 Å². The summed E-state index contributed by atoms with van der Waals surface area (Å²) in [4.78, 5) is 32.0. The minimum Gasteiger partial charge on any atom is -0.497 e. The first-order valence-electron chi connectivity index (χ1n) is 11.2. The molecule has 1 aromatic carbocycles. The Bertz CT molecular complexity index is 1200. The van der Waals surface area contributed by atoms with Gasteiger partial charge in [0.05, 0.1) is 29.8 Å². The standard InChI is InChI=1S/C25H27N5O2/c1-32-19-6-4-5-18(13-19)21-9-8-17(14-27-21)15-30-12-10-22-20(16-30)25(31)29-24(28-22)23-7-2-3-11-26-23/h4-6,8-9,13-14H,2-3,7,10-12,15-16H2,1H3,(H,28,29,31). The third kappa shape index (κ3) is 4.34. The third-order valence-electron chi connectivity index (χ3n) is 6.14. The van der Waals surface area contributed by atoms with Gasteiger partial charge in [0.25, 0.3) is 5.56 Å². The number of nitrogens with zero attached hydrogens (tertiary/aromatic N) is 4. The maximum atomic E-state index is 12.8. The molecule has 2 aliphatic heterocycles. The second-order valence-electron chi connectivity index (χ2n) is 8.37. The molecule has 0 saturated carbocycles. The van der Waals surface area contributed by atoms with Gasteiger partial charge in [-0.1, -0.05) is 18.2 Å². The molecule has 32 heavy (non-hydrogen) atoms. The lowest BCUT2D eigenvalue weighted by molar-refractivity contribution is 0.241. The molecular weight excluding hydrogens is 402 g/mol. The first-order valence-corrected chi connectivity index (χ1v) is 11.2.